The summed E-state index contributed by atoms with van der Waals surface area (Å²) in [5.74, 6) is 0.538. The van der Waals surface area contributed by atoms with Crippen molar-refractivity contribution in [1.29, 1.82) is 0 Å². The van der Waals surface area contributed by atoms with Crippen molar-refractivity contribution in [3.63, 3.8) is 0 Å². The Labute approximate surface area is 177 Å². The van der Waals surface area contributed by atoms with Crippen LogP contribution in [0.25, 0.3) is 0 Å². The molecule has 0 aliphatic rings. The number of allylic oxidation sites excluding steroid dienone is 4. The van der Waals surface area contributed by atoms with Crippen LogP contribution in [0.3, 0.4) is 0 Å². The summed E-state index contributed by atoms with van der Waals surface area (Å²) in [5.41, 5.74) is 0. The Morgan fingerprint density at radius 3 is 1.59 bits per heavy atom. The van der Waals surface area contributed by atoms with Gasteiger partial charge in [-0.25, -0.2) is 0 Å². The van der Waals surface area contributed by atoms with Gasteiger partial charge in [0.1, 0.15) is 23.1 Å². The van der Waals surface area contributed by atoms with Gasteiger partial charge in [-0.15, -0.1) is 0 Å². The smallest absolute Gasteiger partial charge is 0.133 e. The number of hydrogen-bond donors (Lipinski definition) is 0. The largest absolute Gasteiger partial charge is 0.300 e. The molecule has 0 amide bonds. The lowest BCUT2D eigenvalue weighted by Crippen LogP contribution is -2.05. The van der Waals surface area contributed by atoms with Crippen molar-refractivity contribution in [3.05, 3.63) is 24.3 Å². The number of rotatable bonds is 20. The summed E-state index contributed by atoms with van der Waals surface area (Å²) in [4.78, 5) is 45.8. The van der Waals surface area contributed by atoms with E-state index in [-0.39, 0.29) is 36.6 Å². The Balaban J connectivity index is 3.55. The second-order valence-electron chi connectivity index (χ2n) is 7.77. The molecule has 29 heavy (non-hydrogen) atoms. The molecule has 0 bridgehead atoms. The molecule has 4 heteroatoms. The number of carbonyl (C=O) groups excluding carboxylic acids is 4. The van der Waals surface area contributed by atoms with Crippen molar-refractivity contribution in [2.75, 3.05) is 0 Å². The van der Waals surface area contributed by atoms with E-state index >= 15 is 0 Å². The van der Waals surface area contributed by atoms with Crippen LogP contribution in [0.4, 0.5) is 0 Å². The molecular formula is C25H40O4. The highest BCUT2D eigenvalue weighted by molar-refractivity contribution is 5.88. The lowest BCUT2D eigenvalue weighted by molar-refractivity contribution is -0.125. The van der Waals surface area contributed by atoms with Gasteiger partial charge in [-0.3, -0.25) is 14.4 Å². The van der Waals surface area contributed by atoms with Crippen molar-refractivity contribution in [3.8, 4) is 0 Å². The first-order valence-corrected chi connectivity index (χ1v) is 11.3. The van der Waals surface area contributed by atoms with Crippen molar-refractivity contribution in [1.82, 2.24) is 0 Å². The lowest BCUT2D eigenvalue weighted by atomic mass is 10.0. The van der Waals surface area contributed by atoms with E-state index in [0.29, 0.717) is 25.0 Å². The van der Waals surface area contributed by atoms with Crippen LogP contribution in [-0.2, 0) is 19.2 Å². The molecule has 4 nitrogen and oxygen atoms in total. The Morgan fingerprint density at radius 2 is 1.00 bits per heavy atom. The minimum absolute atomic E-state index is 0.00382. The number of carbonyl (C=O) groups is 4. The van der Waals surface area contributed by atoms with Crippen molar-refractivity contribution in [2.24, 2.45) is 0 Å². The van der Waals surface area contributed by atoms with Crippen LogP contribution >= 0.6 is 0 Å². The molecule has 0 aliphatic carbocycles. The average molecular weight is 405 g/mol. The van der Waals surface area contributed by atoms with E-state index in [1.54, 1.807) is 0 Å². The molecule has 0 aromatic heterocycles. The van der Waals surface area contributed by atoms with Gasteiger partial charge in [0.15, 0.2) is 0 Å². The summed E-state index contributed by atoms with van der Waals surface area (Å²) in [5, 5.41) is 0. The Morgan fingerprint density at radius 1 is 0.552 bits per heavy atom. The Hall–Kier alpha value is -1.84. The molecule has 0 heterocycles. The highest BCUT2D eigenvalue weighted by Crippen LogP contribution is 2.08. The van der Waals surface area contributed by atoms with Crippen molar-refractivity contribution >= 4 is 23.1 Å². The molecule has 0 atom stereocenters. The van der Waals surface area contributed by atoms with Crippen molar-refractivity contribution in [2.45, 2.75) is 110 Å². The van der Waals surface area contributed by atoms with Crippen LogP contribution in [-0.4, -0.2) is 23.1 Å². The first-order valence-electron chi connectivity index (χ1n) is 11.3. The fourth-order valence-corrected chi connectivity index (χ4v) is 2.89. The number of unbranched alkanes of at least 4 members (excludes halogenated alkanes) is 5. The van der Waals surface area contributed by atoms with E-state index in [9.17, 15) is 19.2 Å². The second-order valence-corrected chi connectivity index (χ2v) is 7.77. The quantitative estimate of drug-likeness (QED) is 0.177. The highest BCUT2D eigenvalue weighted by Gasteiger charge is 2.08. The van der Waals surface area contributed by atoms with E-state index in [2.05, 4.69) is 19.1 Å². The van der Waals surface area contributed by atoms with Gasteiger partial charge in [-0.05, 0) is 45.4 Å². The Bertz CT molecular complexity index is 543. The van der Waals surface area contributed by atoms with E-state index in [4.69, 9.17) is 0 Å². The minimum Gasteiger partial charge on any atom is -0.300 e. The fraction of sp³-hybridized carbons (Fsp3) is 0.680. The van der Waals surface area contributed by atoms with Crippen molar-refractivity contribution < 1.29 is 19.2 Å². The first kappa shape index (κ1) is 27.2. The highest BCUT2D eigenvalue weighted by atomic mass is 16.1. The molecule has 0 spiro atoms. The normalized spacial score (nSPS) is 11.4. The molecule has 0 saturated carbocycles. The third-order valence-corrected chi connectivity index (χ3v) is 4.78. The molecule has 0 unspecified atom stereocenters. The van der Waals surface area contributed by atoms with Gasteiger partial charge in [-0.1, -0.05) is 44.1 Å². The predicted octanol–water partition coefficient (Wildman–Crippen LogP) is 6.27. The maximum atomic E-state index is 11.8. The molecule has 0 rings (SSSR count). The summed E-state index contributed by atoms with van der Waals surface area (Å²) < 4.78 is 0. The molecule has 0 saturated heterocycles. The minimum atomic E-state index is 0.00382. The molecule has 0 radical (unpaired) electrons. The maximum absolute atomic E-state index is 11.8. The summed E-state index contributed by atoms with van der Waals surface area (Å²) in [6.45, 7) is 3.62. The van der Waals surface area contributed by atoms with Gasteiger partial charge in [-0.2, -0.15) is 0 Å². The zero-order chi connectivity index (χ0) is 21.7. The van der Waals surface area contributed by atoms with Crippen LogP contribution in [0.15, 0.2) is 24.3 Å². The van der Waals surface area contributed by atoms with E-state index in [1.165, 1.54) is 6.92 Å². The van der Waals surface area contributed by atoms with Crippen LogP contribution < -0.4 is 0 Å². The van der Waals surface area contributed by atoms with Gasteiger partial charge < -0.3 is 4.79 Å². The van der Waals surface area contributed by atoms with Gasteiger partial charge in [0.25, 0.3) is 0 Å². The van der Waals surface area contributed by atoms with Gasteiger partial charge in [0, 0.05) is 44.9 Å². The van der Waals surface area contributed by atoms with Gasteiger partial charge >= 0.3 is 0 Å². The third kappa shape index (κ3) is 20.7. The zero-order valence-corrected chi connectivity index (χ0v) is 18.5. The van der Waals surface area contributed by atoms with Crippen LogP contribution in [0, 0.1) is 0 Å². The molecule has 0 aliphatic heterocycles. The average Bonchev–Trinajstić information content (AvgIpc) is 2.69. The third-order valence-electron chi connectivity index (χ3n) is 4.78. The second kappa shape index (κ2) is 19.5. The molecule has 0 aromatic rings. The summed E-state index contributed by atoms with van der Waals surface area (Å²) in [6, 6.07) is 0. The summed E-state index contributed by atoms with van der Waals surface area (Å²) in [7, 11) is 0. The fourth-order valence-electron chi connectivity index (χ4n) is 2.89. The number of hydrogen-bond acceptors (Lipinski definition) is 4. The molecule has 164 valence electrons. The SMILES string of the molecule is CCCCCC(=O)CCC/C=C/C=C/CCCCC(=O)CCC(=O)CCC(C)=O. The summed E-state index contributed by atoms with van der Waals surface area (Å²) in [6.07, 6.45) is 19.2. The predicted molar refractivity (Wildman–Crippen MR) is 119 cm³/mol. The Kier molecular flexibility index (Phi) is 18.2. The molecular weight excluding hydrogens is 364 g/mol. The molecule has 0 N–H and O–H groups in total. The van der Waals surface area contributed by atoms with Crippen LogP contribution in [0.5, 0.6) is 0 Å². The van der Waals surface area contributed by atoms with Gasteiger partial charge in [0.05, 0.1) is 0 Å². The van der Waals surface area contributed by atoms with E-state index < -0.39 is 0 Å². The zero-order valence-electron chi connectivity index (χ0n) is 18.5. The van der Waals surface area contributed by atoms with E-state index in [0.717, 1.165) is 57.8 Å². The first-order chi connectivity index (χ1) is 14.0. The number of ketones is 4. The number of Topliss-reactive ketones (excluding diaryl/α,β-unsaturated/α-hetero) is 4. The van der Waals surface area contributed by atoms with Crippen LogP contribution in [0.2, 0.25) is 0 Å². The monoisotopic (exact) mass is 404 g/mol. The van der Waals surface area contributed by atoms with E-state index in [1.807, 2.05) is 12.2 Å². The topological polar surface area (TPSA) is 68.3 Å². The van der Waals surface area contributed by atoms with Crippen LogP contribution in [0.1, 0.15) is 110 Å². The standard InChI is InChI=1S/C25H40O4/c1-3-4-12-15-23(27)16-13-10-8-6-5-7-9-11-14-17-24(28)20-21-25(29)19-18-22(2)26/h5-8H,3-4,9-21H2,1-2H3/b7-5+,8-6+. The molecule has 0 aromatic carbocycles. The van der Waals surface area contributed by atoms with Gasteiger partial charge in [0.2, 0.25) is 0 Å². The lowest BCUT2D eigenvalue weighted by Gasteiger charge is -2.00. The maximum Gasteiger partial charge on any atom is 0.133 e. The summed E-state index contributed by atoms with van der Waals surface area (Å²) >= 11 is 0. The molecule has 0 fully saturated rings.